The van der Waals surface area contributed by atoms with Crippen molar-refractivity contribution in [2.45, 2.75) is 6.10 Å². The minimum atomic E-state index is -1.13. The molecule has 0 fully saturated rings. The van der Waals surface area contributed by atoms with Gasteiger partial charge in [-0.1, -0.05) is 29.8 Å². The fourth-order valence-corrected chi connectivity index (χ4v) is 3.26. The Labute approximate surface area is 178 Å². The van der Waals surface area contributed by atoms with Crippen molar-refractivity contribution in [3.63, 3.8) is 0 Å². The molecule has 3 rings (SSSR count). The van der Waals surface area contributed by atoms with Crippen LogP contribution in [0.5, 0.6) is 5.75 Å². The van der Waals surface area contributed by atoms with Gasteiger partial charge in [-0.15, -0.1) is 0 Å². The smallest absolute Gasteiger partial charge is 0.328 e. The molecular weight excluding hydrogens is 406 g/mol. The molecule has 2 N–H and O–H groups in total. The molecule has 0 spiro atoms. The van der Waals surface area contributed by atoms with Gasteiger partial charge in [0.05, 0.1) is 7.11 Å². The molecular formula is C23H20ClNO5. The molecule has 0 aliphatic rings. The van der Waals surface area contributed by atoms with E-state index in [9.17, 15) is 14.7 Å². The van der Waals surface area contributed by atoms with Crippen LogP contribution in [0.25, 0.3) is 17.2 Å². The van der Waals surface area contributed by atoms with E-state index in [1.807, 2.05) is 0 Å². The van der Waals surface area contributed by atoms with E-state index in [0.717, 1.165) is 6.08 Å². The first kappa shape index (κ1) is 21.4. The standard InChI is InChI=1S/C23H20ClNO5/c1-25-13-20(15(11-21(25)26)5-10-22(27)28)18-9-8-17(30-2)12-19(18)23(29)14-3-6-16(24)7-4-14/h3-13,23,29H,1-2H3,(H,27,28). The number of hydrogen-bond donors (Lipinski definition) is 2. The molecule has 0 radical (unpaired) electrons. The third kappa shape index (κ3) is 4.62. The number of carboxylic acid groups (broad SMARTS) is 1. The van der Waals surface area contributed by atoms with Gasteiger partial charge in [-0.25, -0.2) is 4.79 Å². The minimum absolute atomic E-state index is 0.280. The van der Waals surface area contributed by atoms with E-state index in [-0.39, 0.29) is 5.56 Å². The molecule has 0 aliphatic carbocycles. The molecule has 0 amide bonds. The number of aryl methyl sites for hydroxylation is 1. The van der Waals surface area contributed by atoms with Gasteiger partial charge in [0.2, 0.25) is 0 Å². The quantitative estimate of drug-likeness (QED) is 0.585. The Bertz CT molecular complexity index is 1170. The molecule has 1 unspecified atom stereocenters. The number of nitrogens with zero attached hydrogens (tertiary/aromatic N) is 1. The van der Waals surface area contributed by atoms with E-state index in [0.29, 0.717) is 38.6 Å². The Balaban J connectivity index is 2.24. The number of methoxy groups -OCH3 is 1. The Morgan fingerprint density at radius 2 is 1.83 bits per heavy atom. The van der Waals surface area contributed by atoms with Crippen LogP contribution in [0.4, 0.5) is 0 Å². The lowest BCUT2D eigenvalue weighted by molar-refractivity contribution is -0.131. The zero-order valence-corrected chi connectivity index (χ0v) is 17.1. The van der Waals surface area contributed by atoms with E-state index in [2.05, 4.69) is 0 Å². The van der Waals surface area contributed by atoms with Crippen LogP contribution in [-0.4, -0.2) is 27.9 Å². The lowest BCUT2D eigenvalue weighted by atomic mass is 9.91. The SMILES string of the molecule is COc1ccc(-c2cn(C)c(=O)cc2C=CC(=O)O)c(C(O)c2ccc(Cl)cc2)c1. The molecule has 30 heavy (non-hydrogen) atoms. The second-order valence-corrected chi connectivity index (χ2v) is 7.11. The Morgan fingerprint density at radius 1 is 1.13 bits per heavy atom. The number of rotatable bonds is 6. The van der Waals surface area contributed by atoms with Crippen LogP contribution in [0.1, 0.15) is 22.8 Å². The molecule has 6 nitrogen and oxygen atoms in total. The average molecular weight is 426 g/mol. The number of aliphatic hydroxyl groups excluding tert-OH is 1. The van der Waals surface area contributed by atoms with Crippen molar-refractivity contribution in [3.8, 4) is 16.9 Å². The number of ether oxygens (including phenoxy) is 1. The first-order chi connectivity index (χ1) is 14.3. The Hall–Kier alpha value is -3.35. The largest absolute Gasteiger partial charge is 0.497 e. The van der Waals surface area contributed by atoms with E-state index in [4.69, 9.17) is 21.4 Å². The van der Waals surface area contributed by atoms with Crippen molar-refractivity contribution < 1.29 is 19.7 Å². The highest BCUT2D eigenvalue weighted by molar-refractivity contribution is 6.30. The summed E-state index contributed by atoms with van der Waals surface area (Å²) in [5, 5.41) is 20.7. The lowest BCUT2D eigenvalue weighted by Crippen LogP contribution is -2.16. The number of hydrogen-bond acceptors (Lipinski definition) is 4. The maximum absolute atomic E-state index is 12.1. The average Bonchev–Trinajstić information content (AvgIpc) is 2.74. The fourth-order valence-electron chi connectivity index (χ4n) is 3.13. The van der Waals surface area contributed by atoms with Crippen LogP contribution >= 0.6 is 11.6 Å². The summed E-state index contributed by atoms with van der Waals surface area (Å²) in [5.74, 6) is -0.577. The summed E-state index contributed by atoms with van der Waals surface area (Å²) in [5.41, 5.74) is 2.55. The number of aliphatic carboxylic acids is 1. The molecule has 0 bridgehead atoms. The topological polar surface area (TPSA) is 88.8 Å². The second kappa shape index (κ2) is 8.98. The number of pyridine rings is 1. The van der Waals surface area contributed by atoms with Crippen LogP contribution in [0, 0.1) is 0 Å². The number of carboxylic acids is 1. The lowest BCUT2D eigenvalue weighted by Gasteiger charge is -2.19. The van der Waals surface area contributed by atoms with E-state index >= 15 is 0 Å². The van der Waals surface area contributed by atoms with Crippen molar-refractivity contribution in [1.82, 2.24) is 4.57 Å². The monoisotopic (exact) mass is 425 g/mol. The number of carbonyl (C=O) groups is 1. The van der Waals surface area contributed by atoms with Crippen molar-refractivity contribution in [2.75, 3.05) is 7.11 Å². The summed E-state index contributed by atoms with van der Waals surface area (Å²) in [6, 6.07) is 13.4. The first-order valence-corrected chi connectivity index (χ1v) is 9.41. The van der Waals surface area contributed by atoms with Gasteiger partial charge >= 0.3 is 5.97 Å². The van der Waals surface area contributed by atoms with Gasteiger partial charge in [0.25, 0.3) is 5.56 Å². The summed E-state index contributed by atoms with van der Waals surface area (Å²) in [6.07, 6.45) is 2.95. The number of halogens is 1. The molecule has 0 saturated carbocycles. The van der Waals surface area contributed by atoms with Gasteiger partial charge in [-0.3, -0.25) is 4.79 Å². The van der Waals surface area contributed by atoms with Crippen LogP contribution in [0.3, 0.4) is 0 Å². The predicted molar refractivity (Wildman–Crippen MR) is 116 cm³/mol. The van der Waals surface area contributed by atoms with Crippen molar-refractivity contribution in [3.05, 3.63) is 92.9 Å². The molecule has 1 atom stereocenters. The molecule has 2 aromatic carbocycles. The van der Waals surface area contributed by atoms with Gasteiger partial charge in [-0.05, 0) is 52.6 Å². The fraction of sp³-hybridized carbons (Fsp3) is 0.130. The summed E-state index contributed by atoms with van der Waals surface area (Å²) >= 11 is 5.96. The van der Waals surface area contributed by atoms with E-state index in [1.54, 1.807) is 55.7 Å². The number of aromatic nitrogens is 1. The van der Waals surface area contributed by atoms with Crippen LogP contribution in [-0.2, 0) is 11.8 Å². The molecule has 0 aliphatic heterocycles. The third-order valence-corrected chi connectivity index (χ3v) is 4.95. The maximum atomic E-state index is 12.1. The molecule has 7 heteroatoms. The zero-order chi connectivity index (χ0) is 21.8. The third-order valence-electron chi connectivity index (χ3n) is 4.70. The highest BCUT2D eigenvalue weighted by atomic mass is 35.5. The maximum Gasteiger partial charge on any atom is 0.328 e. The minimum Gasteiger partial charge on any atom is -0.497 e. The second-order valence-electron chi connectivity index (χ2n) is 6.67. The summed E-state index contributed by atoms with van der Waals surface area (Å²) in [4.78, 5) is 23.1. The Morgan fingerprint density at radius 3 is 2.47 bits per heavy atom. The zero-order valence-electron chi connectivity index (χ0n) is 16.4. The van der Waals surface area contributed by atoms with Crippen LogP contribution < -0.4 is 10.3 Å². The Kier molecular flexibility index (Phi) is 6.40. The summed E-state index contributed by atoms with van der Waals surface area (Å²) in [6.45, 7) is 0. The van der Waals surface area contributed by atoms with Gasteiger partial charge in [-0.2, -0.15) is 0 Å². The molecule has 1 aromatic heterocycles. The highest BCUT2D eigenvalue weighted by Crippen LogP contribution is 2.36. The molecule has 1 heterocycles. The summed E-state index contributed by atoms with van der Waals surface area (Å²) < 4.78 is 6.72. The van der Waals surface area contributed by atoms with Gasteiger partial charge in [0.1, 0.15) is 11.9 Å². The van der Waals surface area contributed by atoms with Crippen molar-refractivity contribution >= 4 is 23.6 Å². The normalized spacial score (nSPS) is 12.1. The van der Waals surface area contributed by atoms with Gasteiger partial charge in [0, 0.05) is 36.0 Å². The molecule has 3 aromatic rings. The summed E-state index contributed by atoms with van der Waals surface area (Å²) in [7, 11) is 3.13. The van der Waals surface area contributed by atoms with Crippen LogP contribution in [0.2, 0.25) is 5.02 Å². The highest BCUT2D eigenvalue weighted by Gasteiger charge is 2.19. The predicted octanol–water partition coefficient (Wildman–Crippen LogP) is 3.89. The first-order valence-electron chi connectivity index (χ1n) is 9.03. The number of benzene rings is 2. The van der Waals surface area contributed by atoms with E-state index < -0.39 is 12.1 Å². The molecule has 0 saturated heterocycles. The number of aliphatic hydroxyl groups is 1. The van der Waals surface area contributed by atoms with Gasteiger partial charge in [0.15, 0.2) is 0 Å². The van der Waals surface area contributed by atoms with Gasteiger partial charge < -0.3 is 19.5 Å². The van der Waals surface area contributed by atoms with E-state index in [1.165, 1.54) is 23.8 Å². The van der Waals surface area contributed by atoms with Crippen molar-refractivity contribution in [1.29, 1.82) is 0 Å². The molecule has 154 valence electrons. The van der Waals surface area contributed by atoms with Crippen LogP contribution in [0.15, 0.2) is 65.6 Å². The van der Waals surface area contributed by atoms with Crippen molar-refractivity contribution in [2.24, 2.45) is 7.05 Å².